The maximum atomic E-state index is 13.3. The lowest BCUT2D eigenvalue weighted by Gasteiger charge is -2.16. The van der Waals surface area contributed by atoms with Crippen molar-refractivity contribution in [2.24, 2.45) is 0 Å². The third-order valence-electron chi connectivity index (χ3n) is 4.34. The molecule has 0 radical (unpaired) electrons. The van der Waals surface area contributed by atoms with Crippen LogP contribution in [0.2, 0.25) is 0 Å². The second-order valence-corrected chi connectivity index (χ2v) is 7.91. The van der Waals surface area contributed by atoms with Crippen molar-refractivity contribution >= 4 is 16.0 Å². The normalized spacial score (nSPS) is 16.4. The third-order valence-corrected chi connectivity index (χ3v) is 5.86. The summed E-state index contributed by atoms with van der Waals surface area (Å²) in [6, 6.07) is 3.36. The van der Waals surface area contributed by atoms with Crippen molar-refractivity contribution in [1.82, 2.24) is 10.0 Å². The second kappa shape index (κ2) is 9.26. The highest BCUT2D eigenvalue weighted by molar-refractivity contribution is 7.89. The molecule has 0 aromatic heterocycles. The molecule has 25 heavy (non-hydrogen) atoms. The van der Waals surface area contributed by atoms with Crippen molar-refractivity contribution in [1.29, 1.82) is 0 Å². The van der Waals surface area contributed by atoms with Crippen LogP contribution in [0.5, 0.6) is 0 Å². The quantitative estimate of drug-likeness (QED) is 0.435. The van der Waals surface area contributed by atoms with E-state index in [1.54, 1.807) is 0 Å². The summed E-state index contributed by atoms with van der Waals surface area (Å²) < 4.78 is 45.2. The minimum Gasteiger partial charge on any atom is -0.465 e. The SMILES string of the molecule is COC(=O)c1cc(F)ccc1S(=O)(=O)NCCNC1CCCCCC1. The number of hydrogen-bond acceptors (Lipinski definition) is 5. The Kier molecular flexibility index (Phi) is 7.34. The van der Waals surface area contributed by atoms with Crippen molar-refractivity contribution in [3.8, 4) is 0 Å². The van der Waals surface area contributed by atoms with Crippen LogP contribution in [0.3, 0.4) is 0 Å². The van der Waals surface area contributed by atoms with Crippen LogP contribution in [-0.2, 0) is 14.8 Å². The van der Waals surface area contributed by atoms with E-state index >= 15 is 0 Å². The summed E-state index contributed by atoms with van der Waals surface area (Å²) in [5.74, 6) is -1.59. The average Bonchev–Trinajstić information content (AvgIpc) is 2.86. The first-order chi connectivity index (χ1) is 11.9. The van der Waals surface area contributed by atoms with Crippen LogP contribution in [0.4, 0.5) is 4.39 Å². The molecule has 1 aliphatic rings. The van der Waals surface area contributed by atoms with Crippen LogP contribution in [0.25, 0.3) is 0 Å². The smallest absolute Gasteiger partial charge is 0.339 e. The molecule has 2 rings (SSSR count). The lowest BCUT2D eigenvalue weighted by Crippen LogP contribution is -2.37. The van der Waals surface area contributed by atoms with E-state index in [1.165, 1.54) is 25.7 Å². The van der Waals surface area contributed by atoms with Gasteiger partial charge in [-0.05, 0) is 31.0 Å². The van der Waals surface area contributed by atoms with Gasteiger partial charge in [0.25, 0.3) is 0 Å². The molecule has 2 N–H and O–H groups in total. The van der Waals surface area contributed by atoms with E-state index in [1.807, 2.05) is 0 Å². The van der Waals surface area contributed by atoms with E-state index in [9.17, 15) is 17.6 Å². The van der Waals surface area contributed by atoms with Gasteiger partial charge in [0.05, 0.1) is 17.6 Å². The molecule has 0 bridgehead atoms. The Morgan fingerprint density at radius 3 is 2.52 bits per heavy atom. The number of carbonyl (C=O) groups is 1. The fourth-order valence-electron chi connectivity index (χ4n) is 3.03. The number of hydrogen-bond donors (Lipinski definition) is 2. The Bertz CT molecular complexity index is 686. The standard InChI is InChI=1S/C17H25FN2O4S/c1-24-17(21)15-12-13(18)8-9-16(15)25(22,23)20-11-10-19-14-6-4-2-3-5-7-14/h8-9,12,14,19-20H,2-7,10-11H2,1H3. The molecule has 1 aromatic carbocycles. The van der Waals surface area contributed by atoms with Gasteiger partial charge >= 0.3 is 5.97 Å². The van der Waals surface area contributed by atoms with Crippen molar-refractivity contribution < 1.29 is 22.3 Å². The van der Waals surface area contributed by atoms with Gasteiger partial charge in [-0.2, -0.15) is 0 Å². The topological polar surface area (TPSA) is 84.5 Å². The van der Waals surface area contributed by atoms with Gasteiger partial charge in [0, 0.05) is 19.1 Å². The Morgan fingerprint density at radius 1 is 1.20 bits per heavy atom. The summed E-state index contributed by atoms with van der Waals surface area (Å²) in [5.41, 5.74) is -0.313. The van der Waals surface area contributed by atoms with Gasteiger partial charge in [0.2, 0.25) is 10.0 Å². The number of halogens is 1. The van der Waals surface area contributed by atoms with Gasteiger partial charge < -0.3 is 10.1 Å². The Morgan fingerprint density at radius 2 is 1.88 bits per heavy atom. The Hall–Kier alpha value is -1.51. The first kappa shape index (κ1) is 19.8. The molecule has 140 valence electrons. The molecule has 0 amide bonds. The number of rotatable bonds is 7. The average molecular weight is 372 g/mol. The molecule has 1 fully saturated rings. The van der Waals surface area contributed by atoms with Crippen LogP contribution in [0.1, 0.15) is 48.9 Å². The predicted molar refractivity (Wildman–Crippen MR) is 92.4 cm³/mol. The summed E-state index contributed by atoms with van der Waals surface area (Å²) in [4.78, 5) is 11.4. The summed E-state index contributed by atoms with van der Waals surface area (Å²) in [6.45, 7) is 0.690. The zero-order chi connectivity index (χ0) is 18.3. The van der Waals surface area contributed by atoms with Crippen LogP contribution >= 0.6 is 0 Å². The lowest BCUT2D eigenvalue weighted by atomic mass is 10.1. The van der Waals surface area contributed by atoms with E-state index in [-0.39, 0.29) is 17.0 Å². The summed E-state index contributed by atoms with van der Waals surface area (Å²) in [7, 11) is -2.81. The first-order valence-corrected chi connectivity index (χ1v) is 10.0. The number of ether oxygens (including phenoxy) is 1. The van der Waals surface area contributed by atoms with Gasteiger partial charge in [0.15, 0.2) is 0 Å². The fraction of sp³-hybridized carbons (Fsp3) is 0.588. The largest absolute Gasteiger partial charge is 0.465 e. The molecule has 1 saturated carbocycles. The maximum Gasteiger partial charge on any atom is 0.339 e. The molecule has 0 heterocycles. The molecule has 0 atom stereocenters. The molecule has 8 heteroatoms. The minimum atomic E-state index is -3.93. The number of esters is 1. The molecule has 6 nitrogen and oxygen atoms in total. The minimum absolute atomic E-state index is 0.191. The number of benzene rings is 1. The summed E-state index contributed by atoms with van der Waals surface area (Å²) in [5, 5.41) is 3.36. The number of nitrogens with one attached hydrogen (secondary N) is 2. The predicted octanol–water partition coefficient (Wildman–Crippen LogP) is 2.20. The highest BCUT2D eigenvalue weighted by Crippen LogP contribution is 2.18. The third kappa shape index (κ3) is 5.76. The Labute approximate surface area is 148 Å². The lowest BCUT2D eigenvalue weighted by molar-refractivity contribution is 0.0595. The van der Waals surface area contributed by atoms with Gasteiger partial charge in [-0.15, -0.1) is 0 Å². The van der Waals surface area contributed by atoms with Gasteiger partial charge in [0.1, 0.15) is 5.82 Å². The molecule has 0 saturated heterocycles. The molecular weight excluding hydrogens is 347 g/mol. The fourth-order valence-corrected chi connectivity index (χ4v) is 4.23. The highest BCUT2D eigenvalue weighted by atomic mass is 32.2. The monoisotopic (exact) mass is 372 g/mol. The van der Waals surface area contributed by atoms with E-state index in [4.69, 9.17) is 0 Å². The van der Waals surface area contributed by atoms with Gasteiger partial charge in [-0.3, -0.25) is 0 Å². The Balaban J connectivity index is 1.96. The number of sulfonamides is 1. The molecule has 0 unspecified atom stereocenters. The second-order valence-electron chi connectivity index (χ2n) is 6.17. The molecule has 1 aliphatic carbocycles. The zero-order valence-electron chi connectivity index (χ0n) is 14.4. The highest BCUT2D eigenvalue weighted by Gasteiger charge is 2.23. The number of methoxy groups -OCH3 is 1. The molecule has 1 aromatic rings. The number of carbonyl (C=O) groups excluding carboxylic acids is 1. The molecule has 0 aliphatic heterocycles. The van der Waals surface area contributed by atoms with E-state index < -0.39 is 21.8 Å². The van der Waals surface area contributed by atoms with E-state index in [2.05, 4.69) is 14.8 Å². The van der Waals surface area contributed by atoms with E-state index in [0.717, 1.165) is 38.2 Å². The molecule has 0 spiro atoms. The van der Waals surface area contributed by atoms with Crippen LogP contribution in [-0.4, -0.2) is 40.6 Å². The zero-order valence-corrected chi connectivity index (χ0v) is 15.2. The maximum absolute atomic E-state index is 13.3. The van der Waals surface area contributed by atoms with Crippen LogP contribution in [0.15, 0.2) is 23.1 Å². The summed E-state index contributed by atoms with van der Waals surface area (Å²) in [6.07, 6.45) is 7.12. The van der Waals surface area contributed by atoms with Crippen LogP contribution in [0, 0.1) is 5.82 Å². The van der Waals surface area contributed by atoms with Crippen molar-refractivity contribution in [3.05, 3.63) is 29.6 Å². The first-order valence-electron chi connectivity index (χ1n) is 8.55. The van der Waals surface area contributed by atoms with Gasteiger partial charge in [-0.25, -0.2) is 22.3 Å². The van der Waals surface area contributed by atoms with Gasteiger partial charge in [-0.1, -0.05) is 25.7 Å². The summed E-state index contributed by atoms with van der Waals surface area (Å²) >= 11 is 0. The van der Waals surface area contributed by atoms with Crippen LogP contribution < -0.4 is 10.0 Å². The molecular formula is C17H25FN2O4S. The van der Waals surface area contributed by atoms with Crippen molar-refractivity contribution in [3.63, 3.8) is 0 Å². The van der Waals surface area contributed by atoms with Crippen molar-refractivity contribution in [2.75, 3.05) is 20.2 Å². The van der Waals surface area contributed by atoms with E-state index in [0.29, 0.717) is 12.6 Å². The van der Waals surface area contributed by atoms with Crippen molar-refractivity contribution in [2.45, 2.75) is 49.5 Å².